The van der Waals surface area contributed by atoms with Crippen LogP contribution >= 0.6 is 0 Å². The van der Waals surface area contributed by atoms with Crippen molar-refractivity contribution >= 4 is 0 Å². The predicted molar refractivity (Wildman–Crippen MR) is 104 cm³/mol. The summed E-state index contributed by atoms with van der Waals surface area (Å²) < 4.78 is 0. The number of hydrogen-bond donors (Lipinski definition) is 3. The van der Waals surface area contributed by atoms with E-state index in [1.54, 1.807) is 24.3 Å². The Kier molecular flexibility index (Phi) is 4.64. The molecule has 0 aliphatic rings. The van der Waals surface area contributed by atoms with E-state index in [4.69, 9.17) is 0 Å². The van der Waals surface area contributed by atoms with Gasteiger partial charge in [-0.05, 0) is 79.3 Å². The quantitative estimate of drug-likeness (QED) is 0.569. The topological polar surface area (TPSA) is 60.7 Å². The summed E-state index contributed by atoms with van der Waals surface area (Å²) in [6, 6.07) is 14.8. The molecule has 0 heterocycles. The van der Waals surface area contributed by atoms with Gasteiger partial charge in [0.05, 0.1) is 0 Å². The number of hydrogen-bond acceptors (Lipinski definition) is 3. The molecule has 3 N–H and O–H groups in total. The summed E-state index contributed by atoms with van der Waals surface area (Å²) in [5, 5.41) is 30.6. The summed E-state index contributed by atoms with van der Waals surface area (Å²) in [5.74, 6) is 0.560. The molecule has 0 fully saturated rings. The summed E-state index contributed by atoms with van der Waals surface area (Å²) >= 11 is 0. The van der Waals surface area contributed by atoms with E-state index in [0.717, 1.165) is 38.9 Å². The van der Waals surface area contributed by atoms with Gasteiger partial charge in [-0.2, -0.15) is 0 Å². The summed E-state index contributed by atoms with van der Waals surface area (Å²) in [5.41, 5.74) is 6.33. The fourth-order valence-electron chi connectivity index (χ4n) is 3.50. The molecule has 0 amide bonds. The maximum absolute atomic E-state index is 10.5. The van der Waals surface area contributed by atoms with E-state index >= 15 is 0 Å². The third kappa shape index (κ3) is 3.13. The lowest BCUT2D eigenvalue weighted by Crippen LogP contribution is -2.08. The van der Waals surface area contributed by atoms with Crippen LogP contribution in [0.25, 0.3) is 0 Å². The standard InChI is InChI=1S/C23H24O3/c1-13-11-21(25)15(3)9-18(13)23(17-7-5-6-8-20(17)24)19-10-16(4)22(26)12-14(19)2/h5-12,23-26H,1-4H3. The van der Waals surface area contributed by atoms with Crippen LogP contribution in [0.1, 0.15) is 44.9 Å². The van der Waals surface area contributed by atoms with E-state index in [0.29, 0.717) is 0 Å². The zero-order valence-corrected chi connectivity index (χ0v) is 15.5. The summed E-state index contributed by atoms with van der Waals surface area (Å²) in [6.07, 6.45) is 0. The molecule has 0 radical (unpaired) electrons. The monoisotopic (exact) mass is 348 g/mol. The molecule has 134 valence electrons. The minimum atomic E-state index is -0.199. The third-order valence-electron chi connectivity index (χ3n) is 5.04. The first kappa shape index (κ1) is 17.9. The number of aromatic hydroxyl groups is 3. The van der Waals surface area contributed by atoms with Crippen LogP contribution in [0.4, 0.5) is 0 Å². The van der Waals surface area contributed by atoms with E-state index < -0.39 is 0 Å². The molecule has 0 atom stereocenters. The van der Waals surface area contributed by atoms with Gasteiger partial charge in [0.15, 0.2) is 0 Å². The second-order valence-corrected chi connectivity index (χ2v) is 6.98. The molecular weight excluding hydrogens is 324 g/mol. The summed E-state index contributed by atoms with van der Waals surface area (Å²) in [7, 11) is 0. The first-order valence-electron chi connectivity index (χ1n) is 8.67. The van der Waals surface area contributed by atoms with Crippen LogP contribution in [-0.2, 0) is 0 Å². The predicted octanol–water partition coefficient (Wildman–Crippen LogP) is 5.22. The SMILES string of the molecule is Cc1cc(C(c2cc(C)c(O)cc2C)c2ccccc2O)c(C)cc1O. The molecule has 0 bridgehead atoms. The van der Waals surface area contributed by atoms with Crippen LogP contribution in [0.15, 0.2) is 48.5 Å². The molecule has 0 saturated heterocycles. The highest BCUT2D eigenvalue weighted by atomic mass is 16.3. The molecule has 3 heteroatoms. The first-order valence-corrected chi connectivity index (χ1v) is 8.67. The molecule has 0 spiro atoms. The highest BCUT2D eigenvalue weighted by Gasteiger charge is 2.24. The molecule has 26 heavy (non-hydrogen) atoms. The van der Waals surface area contributed by atoms with Crippen molar-refractivity contribution in [2.45, 2.75) is 33.6 Å². The molecule has 3 rings (SSSR count). The first-order chi connectivity index (χ1) is 12.3. The zero-order valence-electron chi connectivity index (χ0n) is 15.5. The smallest absolute Gasteiger partial charge is 0.119 e. The maximum atomic E-state index is 10.5. The van der Waals surface area contributed by atoms with Crippen LogP contribution in [0.3, 0.4) is 0 Å². The number of rotatable bonds is 3. The number of benzene rings is 3. The minimum Gasteiger partial charge on any atom is -0.508 e. The Hall–Kier alpha value is -2.94. The van der Waals surface area contributed by atoms with Crippen molar-refractivity contribution in [1.29, 1.82) is 0 Å². The average molecular weight is 348 g/mol. The molecule has 3 nitrogen and oxygen atoms in total. The Bertz CT molecular complexity index is 916. The number of para-hydroxylation sites is 1. The Labute approximate surface area is 154 Å². The van der Waals surface area contributed by atoms with Crippen LogP contribution in [0.2, 0.25) is 0 Å². The zero-order chi connectivity index (χ0) is 19.0. The molecule has 0 aliphatic carbocycles. The average Bonchev–Trinajstić information content (AvgIpc) is 2.58. The lowest BCUT2D eigenvalue weighted by Gasteiger charge is -2.25. The van der Waals surface area contributed by atoms with Gasteiger partial charge in [0.2, 0.25) is 0 Å². The Morgan fingerprint density at radius 3 is 1.46 bits per heavy atom. The van der Waals surface area contributed by atoms with Gasteiger partial charge in [-0.15, -0.1) is 0 Å². The highest BCUT2D eigenvalue weighted by molar-refractivity contribution is 5.56. The molecule has 0 saturated carbocycles. The van der Waals surface area contributed by atoms with Gasteiger partial charge >= 0.3 is 0 Å². The number of aryl methyl sites for hydroxylation is 4. The van der Waals surface area contributed by atoms with Gasteiger partial charge < -0.3 is 15.3 Å². The lowest BCUT2D eigenvalue weighted by atomic mass is 9.79. The van der Waals surface area contributed by atoms with Crippen LogP contribution < -0.4 is 0 Å². The molecule has 0 aromatic heterocycles. The molecular formula is C23H24O3. The van der Waals surface area contributed by atoms with Gasteiger partial charge in [0, 0.05) is 11.5 Å². The van der Waals surface area contributed by atoms with Gasteiger partial charge in [-0.25, -0.2) is 0 Å². The third-order valence-corrected chi connectivity index (χ3v) is 5.04. The van der Waals surface area contributed by atoms with E-state index in [1.165, 1.54) is 0 Å². The second kappa shape index (κ2) is 6.75. The van der Waals surface area contributed by atoms with Crippen molar-refractivity contribution in [2.24, 2.45) is 0 Å². The summed E-state index contributed by atoms with van der Waals surface area (Å²) in [4.78, 5) is 0. The lowest BCUT2D eigenvalue weighted by molar-refractivity contribution is 0.466. The summed E-state index contributed by atoms with van der Waals surface area (Å²) in [6.45, 7) is 7.67. The molecule has 0 unspecified atom stereocenters. The van der Waals surface area contributed by atoms with E-state index in [2.05, 4.69) is 0 Å². The Balaban J connectivity index is 2.34. The van der Waals surface area contributed by atoms with Crippen LogP contribution in [0.5, 0.6) is 17.2 Å². The molecule has 3 aromatic carbocycles. The van der Waals surface area contributed by atoms with Crippen molar-refractivity contribution in [3.05, 3.63) is 87.5 Å². The van der Waals surface area contributed by atoms with Crippen molar-refractivity contribution in [1.82, 2.24) is 0 Å². The number of phenolic OH excluding ortho intramolecular Hbond substituents is 3. The fraction of sp³-hybridized carbons (Fsp3) is 0.217. The van der Waals surface area contributed by atoms with E-state index in [9.17, 15) is 15.3 Å². The van der Waals surface area contributed by atoms with Crippen molar-refractivity contribution in [3.8, 4) is 17.2 Å². The second-order valence-electron chi connectivity index (χ2n) is 6.98. The number of phenols is 3. The van der Waals surface area contributed by atoms with Crippen LogP contribution in [0, 0.1) is 27.7 Å². The maximum Gasteiger partial charge on any atom is 0.119 e. The van der Waals surface area contributed by atoms with Crippen molar-refractivity contribution < 1.29 is 15.3 Å². The normalized spacial score (nSPS) is 11.1. The van der Waals surface area contributed by atoms with Crippen molar-refractivity contribution in [3.63, 3.8) is 0 Å². The Morgan fingerprint density at radius 2 is 1.00 bits per heavy atom. The van der Waals surface area contributed by atoms with E-state index in [-0.39, 0.29) is 23.2 Å². The van der Waals surface area contributed by atoms with Crippen molar-refractivity contribution in [2.75, 3.05) is 0 Å². The van der Waals surface area contributed by atoms with Gasteiger partial charge in [-0.3, -0.25) is 0 Å². The van der Waals surface area contributed by atoms with E-state index in [1.807, 2.05) is 52.0 Å². The van der Waals surface area contributed by atoms with Gasteiger partial charge in [0.25, 0.3) is 0 Å². The largest absolute Gasteiger partial charge is 0.508 e. The fourth-order valence-corrected chi connectivity index (χ4v) is 3.50. The Morgan fingerprint density at radius 1 is 0.538 bits per heavy atom. The molecule has 0 aliphatic heterocycles. The van der Waals surface area contributed by atoms with Gasteiger partial charge in [-0.1, -0.05) is 30.3 Å². The van der Waals surface area contributed by atoms with Gasteiger partial charge in [0.1, 0.15) is 17.2 Å². The molecule has 3 aromatic rings. The minimum absolute atomic E-state index is 0.199. The van der Waals surface area contributed by atoms with Crippen LogP contribution in [-0.4, -0.2) is 15.3 Å². The highest BCUT2D eigenvalue weighted by Crippen LogP contribution is 2.42.